The van der Waals surface area contributed by atoms with E-state index in [2.05, 4.69) is 10.8 Å². The Morgan fingerprint density at radius 1 is 1.00 bits per heavy atom. The molecule has 6 nitrogen and oxygen atoms in total. The Morgan fingerprint density at radius 2 is 1.66 bits per heavy atom. The van der Waals surface area contributed by atoms with Crippen LogP contribution in [0.3, 0.4) is 0 Å². The average Bonchev–Trinajstić information content (AvgIpc) is 2.78. The molecule has 146 valence electrons. The molecule has 0 heterocycles. The third-order valence-corrected chi connectivity index (χ3v) is 5.78. The second-order valence-electron chi connectivity index (χ2n) is 6.16. The molecule has 3 aromatic rings. The molecule has 0 bridgehead atoms. The highest BCUT2D eigenvalue weighted by molar-refractivity contribution is 7.89. The quantitative estimate of drug-likeness (QED) is 0.632. The molecule has 29 heavy (non-hydrogen) atoms. The maximum atomic E-state index is 12.2. The van der Waals surface area contributed by atoms with E-state index in [-0.39, 0.29) is 17.1 Å². The SMILES string of the molecule is CNS(=O)(=O)c1ccc(C(=O)OCc2ccc(-c3ccccc3C#N)cc2)cc1. The van der Waals surface area contributed by atoms with Crippen LogP contribution in [0.1, 0.15) is 21.5 Å². The van der Waals surface area contributed by atoms with Gasteiger partial charge in [0.1, 0.15) is 6.61 Å². The van der Waals surface area contributed by atoms with E-state index >= 15 is 0 Å². The Labute approximate surface area is 169 Å². The van der Waals surface area contributed by atoms with Gasteiger partial charge in [0, 0.05) is 0 Å². The van der Waals surface area contributed by atoms with E-state index in [0.717, 1.165) is 16.7 Å². The minimum absolute atomic E-state index is 0.0739. The topological polar surface area (TPSA) is 96.3 Å². The molecule has 0 saturated carbocycles. The highest BCUT2D eigenvalue weighted by Gasteiger charge is 2.13. The normalized spacial score (nSPS) is 10.9. The summed E-state index contributed by atoms with van der Waals surface area (Å²) in [7, 11) is -2.23. The van der Waals surface area contributed by atoms with E-state index in [9.17, 15) is 18.5 Å². The van der Waals surface area contributed by atoms with Crippen molar-refractivity contribution in [2.75, 3.05) is 7.05 Å². The predicted octanol–water partition coefficient (Wildman–Crippen LogP) is 3.49. The zero-order valence-corrected chi connectivity index (χ0v) is 16.4. The van der Waals surface area contributed by atoms with Crippen molar-refractivity contribution in [2.45, 2.75) is 11.5 Å². The number of nitriles is 1. The first-order valence-corrected chi connectivity index (χ1v) is 10.2. The molecule has 0 spiro atoms. The lowest BCUT2D eigenvalue weighted by Crippen LogP contribution is -2.18. The van der Waals surface area contributed by atoms with Gasteiger partial charge in [-0.15, -0.1) is 0 Å². The molecule has 0 aliphatic rings. The number of hydrogen-bond donors (Lipinski definition) is 1. The summed E-state index contributed by atoms with van der Waals surface area (Å²) in [5, 5.41) is 9.22. The minimum Gasteiger partial charge on any atom is -0.457 e. The number of esters is 1. The van der Waals surface area contributed by atoms with Crippen LogP contribution in [0.2, 0.25) is 0 Å². The van der Waals surface area contributed by atoms with Crippen LogP contribution in [0.15, 0.2) is 77.7 Å². The van der Waals surface area contributed by atoms with Gasteiger partial charge in [0.05, 0.1) is 22.1 Å². The standard InChI is InChI=1S/C22H18N2O4S/c1-24-29(26,27)20-12-10-18(11-13-20)22(25)28-15-16-6-8-17(9-7-16)21-5-3-2-4-19(21)14-23/h2-13,24H,15H2,1H3. The third-order valence-electron chi connectivity index (χ3n) is 4.35. The number of nitrogens with one attached hydrogen (secondary N) is 1. The number of carbonyl (C=O) groups is 1. The highest BCUT2D eigenvalue weighted by Crippen LogP contribution is 2.23. The number of carbonyl (C=O) groups excluding carboxylic acids is 1. The molecule has 0 radical (unpaired) electrons. The summed E-state index contributed by atoms with van der Waals surface area (Å²) in [6.45, 7) is 0.0789. The molecule has 0 unspecified atom stereocenters. The van der Waals surface area contributed by atoms with Gasteiger partial charge in [-0.05, 0) is 54.1 Å². The van der Waals surface area contributed by atoms with E-state index in [1.807, 2.05) is 42.5 Å². The molecular formula is C22H18N2O4S. The fourth-order valence-electron chi connectivity index (χ4n) is 2.73. The van der Waals surface area contributed by atoms with Crippen molar-refractivity contribution in [3.8, 4) is 17.2 Å². The van der Waals surface area contributed by atoms with Crippen LogP contribution in [0, 0.1) is 11.3 Å². The fraction of sp³-hybridized carbons (Fsp3) is 0.0909. The number of rotatable bonds is 6. The molecule has 1 N–H and O–H groups in total. The predicted molar refractivity (Wildman–Crippen MR) is 108 cm³/mol. The van der Waals surface area contributed by atoms with Crippen molar-refractivity contribution in [2.24, 2.45) is 0 Å². The van der Waals surface area contributed by atoms with E-state index in [0.29, 0.717) is 5.56 Å². The molecule has 0 amide bonds. The second-order valence-corrected chi connectivity index (χ2v) is 8.05. The number of hydrogen-bond acceptors (Lipinski definition) is 5. The third kappa shape index (κ3) is 4.69. The number of ether oxygens (including phenoxy) is 1. The first-order chi connectivity index (χ1) is 13.9. The van der Waals surface area contributed by atoms with Crippen molar-refractivity contribution in [3.05, 3.63) is 89.5 Å². The number of sulfonamides is 1. The van der Waals surface area contributed by atoms with Crippen molar-refractivity contribution in [1.29, 1.82) is 5.26 Å². The van der Waals surface area contributed by atoms with Gasteiger partial charge in [-0.3, -0.25) is 0 Å². The lowest BCUT2D eigenvalue weighted by Gasteiger charge is -2.08. The molecular weight excluding hydrogens is 388 g/mol. The smallest absolute Gasteiger partial charge is 0.338 e. The van der Waals surface area contributed by atoms with Crippen LogP contribution in [0.5, 0.6) is 0 Å². The van der Waals surface area contributed by atoms with E-state index in [1.54, 1.807) is 6.07 Å². The monoisotopic (exact) mass is 406 g/mol. The van der Waals surface area contributed by atoms with Crippen LogP contribution in [-0.4, -0.2) is 21.4 Å². The van der Waals surface area contributed by atoms with Gasteiger partial charge >= 0.3 is 5.97 Å². The van der Waals surface area contributed by atoms with Crippen LogP contribution in [-0.2, 0) is 21.4 Å². The first-order valence-electron chi connectivity index (χ1n) is 8.74. The van der Waals surface area contributed by atoms with Gasteiger partial charge in [-0.2, -0.15) is 5.26 Å². The highest BCUT2D eigenvalue weighted by atomic mass is 32.2. The zero-order valence-electron chi connectivity index (χ0n) is 15.6. The minimum atomic E-state index is -3.55. The largest absolute Gasteiger partial charge is 0.457 e. The van der Waals surface area contributed by atoms with Gasteiger partial charge in [-0.1, -0.05) is 42.5 Å². The maximum Gasteiger partial charge on any atom is 0.338 e. The molecule has 0 fully saturated rings. The Hall–Kier alpha value is -3.47. The van der Waals surface area contributed by atoms with Crippen molar-refractivity contribution < 1.29 is 17.9 Å². The van der Waals surface area contributed by atoms with Crippen LogP contribution < -0.4 is 4.72 Å². The second kappa shape index (κ2) is 8.69. The summed E-state index contributed by atoms with van der Waals surface area (Å²) < 4.78 is 31.0. The van der Waals surface area contributed by atoms with Crippen molar-refractivity contribution in [3.63, 3.8) is 0 Å². The van der Waals surface area contributed by atoms with Crippen LogP contribution >= 0.6 is 0 Å². The van der Waals surface area contributed by atoms with Gasteiger partial charge < -0.3 is 4.74 Å². The van der Waals surface area contributed by atoms with E-state index in [4.69, 9.17) is 4.74 Å². The van der Waals surface area contributed by atoms with E-state index in [1.165, 1.54) is 31.3 Å². The molecule has 0 aromatic heterocycles. The van der Waals surface area contributed by atoms with Gasteiger partial charge in [-0.25, -0.2) is 17.9 Å². The number of nitrogens with zero attached hydrogens (tertiary/aromatic N) is 1. The Bertz CT molecular complexity index is 1160. The zero-order chi connectivity index (χ0) is 20.9. The van der Waals surface area contributed by atoms with Crippen molar-refractivity contribution in [1.82, 2.24) is 4.72 Å². The summed E-state index contributed by atoms with van der Waals surface area (Å²) in [4.78, 5) is 12.3. The first kappa shape index (κ1) is 20.3. The molecule has 0 aliphatic carbocycles. The average molecular weight is 406 g/mol. The van der Waals surface area contributed by atoms with Gasteiger partial charge in [0.15, 0.2) is 0 Å². The Kier molecular flexibility index (Phi) is 6.07. The molecule has 0 atom stereocenters. The summed E-state index contributed by atoms with van der Waals surface area (Å²) >= 11 is 0. The lowest BCUT2D eigenvalue weighted by molar-refractivity contribution is 0.0472. The summed E-state index contributed by atoms with van der Waals surface area (Å²) in [6.07, 6.45) is 0. The molecule has 0 aliphatic heterocycles. The maximum absolute atomic E-state index is 12.2. The van der Waals surface area contributed by atoms with Crippen molar-refractivity contribution >= 4 is 16.0 Å². The molecule has 0 saturated heterocycles. The fourth-order valence-corrected chi connectivity index (χ4v) is 3.46. The van der Waals surface area contributed by atoms with Crippen LogP contribution in [0.4, 0.5) is 0 Å². The molecule has 3 aromatic carbocycles. The van der Waals surface area contributed by atoms with Crippen LogP contribution in [0.25, 0.3) is 11.1 Å². The summed E-state index contributed by atoms with van der Waals surface area (Å²) in [5.41, 5.74) is 3.40. The van der Waals surface area contributed by atoms with Gasteiger partial charge in [0.2, 0.25) is 10.0 Å². The summed E-state index contributed by atoms with van der Waals surface area (Å²) in [6, 6.07) is 22.4. The Balaban J connectivity index is 1.66. The summed E-state index contributed by atoms with van der Waals surface area (Å²) in [5.74, 6) is -0.544. The van der Waals surface area contributed by atoms with E-state index < -0.39 is 16.0 Å². The number of benzene rings is 3. The molecule has 7 heteroatoms. The lowest BCUT2D eigenvalue weighted by atomic mass is 9.99. The Morgan fingerprint density at radius 3 is 2.28 bits per heavy atom. The van der Waals surface area contributed by atoms with Gasteiger partial charge in [0.25, 0.3) is 0 Å². The molecule has 3 rings (SSSR count).